The molecule has 1 rings (SSSR count). The zero-order valence-electron chi connectivity index (χ0n) is 7.09. The van der Waals surface area contributed by atoms with Crippen molar-refractivity contribution in [2.45, 2.75) is 10.8 Å². The van der Waals surface area contributed by atoms with Crippen molar-refractivity contribution in [3.8, 4) is 0 Å². The monoisotopic (exact) mass is 237 g/mol. The van der Waals surface area contributed by atoms with Crippen LogP contribution >= 0.6 is 0 Å². The fraction of sp³-hybridized carbons (Fsp3) is 0.143. The SMILES string of the molecule is O=C(O)c1cccnc1S(=O)(=O)C(F)F. The van der Waals surface area contributed by atoms with Crippen molar-refractivity contribution in [3.63, 3.8) is 0 Å². The van der Waals surface area contributed by atoms with Crippen molar-refractivity contribution < 1.29 is 27.1 Å². The summed E-state index contributed by atoms with van der Waals surface area (Å²) in [6, 6.07) is 2.04. The highest BCUT2D eigenvalue weighted by atomic mass is 32.2. The van der Waals surface area contributed by atoms with E-state index in [9.17, 15) is 22.0 Å². The first-order chi connectivity index (χ1) is 6.87. The van der Waals surface area contributed by atoms with Gasteiger partial charge in [0.25, 0.3) is 9.84 Å². The van der Waals surface area contributed by atoms with Gasteiger partial charge in [0.1, 0.15) is 0 Å². The van der Waals surface area contributed by atoms with Crippen LogP contribution in [0, 0.1) is 0 Å². The molecule has 8 heteroatoms. The summed E-state index contributed by atoms with van der Waals surface area (Å²) in [5.41, 5.74) is -0.766. The van der Waals surface area contributed by atoms with Gasteiger partial charge in [0.05, 0.1) is 5.56 Å². The van der Waals surface area contributed by atoms with E-state index in [4.69, 9.17) is 5.11 Å². The summed E-state index contributed by atoms with van der Waals surface area (Å²) in [6.07, 6.45) is 0.932. The molecule has 1 aromatic heterocycles. The number of carboxylic acid groups (broad SMARTS) is 1. The minimum absolute atomic E-state index is 0.766. The Morgan fingerprint density at radius 3 is 2.53 bits per heavy atom. The van der Waals surface area contributed by atoms with Gasteiger partial charge in [0, 0.05) is 6.20 Å². The Hall–Kier alpha value is -1.57. The third kappa shape index (κ3) is 2.09. The van der Waals surface area contributed by atoms with E-state index in [0.717, 1.165) is 18.3 Å². The number of hydrogen-bond donors (Lipinski definition) is 1. The standard InChI is InChI=1S/C7H5F2NO4S/c8-7(9)15(13,14)5-4(6(11)12)2-1-3-10-5/h1-3,7H,(H,11,12). The van der Waals surface area contributed by atoms with Crippen LogP contribution in [-0.2, 0) is 9.84 Å². The molecule has 0 aromatic carbocycles. The van der Waals surface area contributed by atoms with E-state index < -0.39 is 32.2 Å². The Morgan fingerprint density at radius 2 is 2.07 bits per heavy atom. The van der Waals surface area contributed by atoms with Crippen LogP contribution in [0.4, 0.5) is 8.78 Å². The molecule has 0 fully saturated rings. The molecule has 0 saturated carbocycles. The molecule has 1 heterocycles. The number of aromatic carboxylic acids is 1. The summed E-state index contributed by atoms with van der Waals surface area (Å²) in [5.74, 6) is -5.31. The molecule has 0 aliphatic carbocycles. The van der Waals surface area contributed by atoms with E-state index in [1.807, 2.05) is 0 Å². The lowest BCUT2D eigenvalue weighted by molar-refractivity contribution is 0.0691. The van der Waals surface area contributed by atoms with Gasteiger partial charge in [-0.25, -0.2) is 18.2 Å². The summed E-state index contributed by atoms with van der Waals surface area (Å²) in [7, 11) is -4.98. The second kappa shape index (κ2) is 3.89. The Bertz CT molecular complexity index is 486. The molecule has 0 aliphatic heterocycles. The summed E-state index contributed by atoms with van der Waals surface area (Å²) in [6.45, 7) is 0. The first kappa shape index (κ1) is 11.5. The van der Waals surface area contributed by atoms with Crippen LogP contribution in [0.2, 0.25) is 0 Å². The summed E-state index contributed by atoms with van der Waals surface area (Å²) >= 11 is 0. The van der Waals surface area contributed by atoms with Crippen LogP contribution in [0.5, 0.6) is 0 Å². The quantitative estimate of drug-likeness (QED) is 0.839. The number of rotatable bonds is 3. The smallest absolute Gasteiger partial charge is 0.342 e. The normalized spacial score (nSPS) is 11.7. The van der Waals surface area contributed by atoms with Crippen LogP contribution in [-0.4, -0.2) is 30.2 Å². The number of carboxylic acids is 1. The molecule has 15 heavy (non-hydrogen) atoms. The van der Waals surface area contributed by atoms with E-state index in [0.29, 0.717) is 0 Å². The lowest BCUT2D eigenvalue weighted by Gasteiger charge is -2.04. The number of halogens is 2. The van der Waals surface area contributed by atoms with Crippen LogP contribution in [0.15, 0.2) is 23.4 Å². The minimum atomic E-state index is -4.98. The van der Waals surface area contributed by atoms with Gasteiger partial charge < -0.3 is 5.11 Å². The van der Waals surface area contributed by atoms with Crippen LogP contribution in [0.3, 0.4) is 0 Å². The molecule has 0 aliphatic rings. The fourth-order valence-electron chi connectivity index (χ4n) is 0.865. The molecule has 0 saturated heterocycles. The molecule has 1 N–H and O–H groups in total. The second-order valence-corrected chi connectivity index (χ2v) is 4.30. The largest absolute Gasteiger partial charge is 0.478 e. The number of aromatic nitrogens is 1. The van der Waals surface area contributed by atoms with Crippen LogP contribution in [0.25, 0.3) is 0 Å². The summed E-state index contributed by atoms with van der Waals surface area (Å²) in [5, 5.41) is 7.44. The molecule has 1 aromatic rings. The van der Waals surface area contributed by atoms with Crippen LogP contribution < -0.4 is 0 Å². The first-order valence-electron chi connectivity index (χ1n) is 3.57. The van der Waals surface area contributed by atoms with Crippen molar-refractivity contribution in [1.82, 2.24) is 4.98 Å². The van der Waals surface area contributed by atoms with Crippen LogP contribution in [0.1, 0.15) is 10.4 Å². The third-order valence-corrected chi connectivity index (χ3v) is 2.84. The Labute approximate surface area is 83.3 Å². The van der Waals surface area contributed by atoms with Crippen molar-refractivity contribution in [2.24, 2.45) is 0 Å². The van der Waals surface area contributed by atoms with E-state index in [1.165, 1.54) is 0 Å². The molecule has 5 nitrogen and oxygen atoms in total. The fourth-order valence-corrected chi connectivity index (χ4v) is 1.70. The lowest BCUT2D eigenvalue weighted by atomic mass is 10.3. The molecule has 0 spiro atoms. The first-order valence-corrected chi connectivity index (χ1v) is 5.12. The molecule has 82 valence electrons. The average molecular weight is 237 g/mol. The predicted molar refractivity (Wildman–Crippen MR) is 44.4 cm³/mol. The van der Waals surface area contributed by atoms with E-state index >= 15 is 0 Å². The highest BCUT2D eigenvalue weighted by Gasteiger charge is 2.32. The topological polar surface area (TPSA) is 84.3 Å². The molecule has 0 unspecified atom stereocenters. The molecule has 0 radical (unpaired) electrons. The Morgan fingerprint density at radius 1 is 1.47 bits per heavy atom. The number of nitrogens with zero attached hydrogens (tertiary/aromatic N) is 1. The van der Waals surface area contributed by atoms with Gasteiger partial charge in [-0.2, -0.15) is 8.78 Å². The second-order valence-electron chi connectivity index (χ2n) is 2.47. The van der Waals surface area contributed by atoms with Gasteiger partial charge >= 0.3 is 11.7 Å². The summed E-state index contributed by atoms with van der Waals surface area (Å²) < 4.78 is 46.2. The maximum Gasteiger partial charge on any atom is 0.342 e. The lowest BCUT2D eigenvalue weighted by Crippen LogP contribution is -2.17. The third-order valence-electron chi connectivity index (χ3n) is 1.51. The molecular weight excluding hydrogens is 232 g/mol. The number of pyridine rings is 1. The number of hydrogen-bond acceptors (Lipinski definition) is 4. The van der Waals surface area contributed by atoms with Crippen molar-refractivity contribution in [3.05, 3.63) is 23.9 Å². The van der Waals surface area contributed by atoms with Gasteiger partial charge in [-0.3, -0.25) is 0 Å². The molecule has 0 bridgehead atoms. The maximum absolute atomic E-state index is 12.1. The van der Waals surface area contributed by atoms with Crippen molar-refractivity contribution in [1.29, 1.82) is 0 Å². The zero-order valence-corrected chi connectivity index (χ0v) is 7.91. The summed E-state index contributed by atoms with van der Waals surface area (Å²) in [4.78, 5) is 13.7. The Kier molecular flexibility index (Phi) is 2.98. The Balaban J connectivity index is 3.45. The molecule has 0 amide bonds. The van der Waals surface area contributed by atoms with E-state index in [1.54, 1.807) is 0 Å². The van der Waals surface area contributed by atoms with Crippen molar-refractivity contribution in [2.75, 3.05) is 0 Å². The average Bonchev–Trinajstić information content (AvgIpc) is 2.17. The van der Waals surface area contributed by atoms with E-state index in [2.05, 4.69) is 4.98 Å². The predicted octanol–water partition coefficient (Wildman–Crippen LogP) is 0.776. The molecular formula is C7H5F2NO4S. The number of sulfone groups is 1. The van der Waals surface area contributed by atoms with Gasteiger partial charge in [0.15, 0.2) is 5.03 Å². The number of carbonyl (C=O) groups is 1. The number of alkyl halides is 2. The van der Waals surface area contributed by atoms with Gasteiger partial charge in [0.2, 0.25) is 0 Å². The highest BCUT2D eigenvalue weighted by molar-refractivity contribution is 7.91. The van der Waals surface area contributed by atoms with E-state index in [-0.39, 0.29) is 0 Å². The van der Waals surface area contributed by atoms with Gasteiger partial charge in [-0.15, -0.1) is 0 Å². The molecule has 0 atom stereocenters. The van der Waals surface area contributed by atoms with Crippen molar-refractivity contribution >= 4 is 15.8 Å². The van der Waals surface area contributed by atoms with Gasteiger partial charge in [-0.05, 0) is 12.1 Å². The zero-order chi connectivity index (χ0) is 11.6. The highest BCUT2D eigenvalue weighted by Crippen LogP contribution is 2.19. The maximum atomic E-state index is 12.1. The van der Waals surface area contributed by atoms with Gasteiger partial charge in [-0.1, -0.05) is 0 Å². The minimum Gasteiger partial charge on any atom is -0.478 e.